The average Bonchev–Trinajstić information content (AvgIpc) is 2.53. The van der Waals surface area contributed by atoms with E-state index < -0.39 is 11.7 Å². The van der Waals surface area contributed by atoms with Crippen LogP contribution in [0.2, 0.25) is 0 Å². The van der Waals surface area contributed by atoms with E-state index in [1.807, 2.05) is 0 Å². The number of imidazole rings is 1. The number of aromatic nitrogens is 2. The van der Waals surface area contributed by atoms with Gasteiger partial charge in [-0.1, -0.05) is 20.8 Å². The third-order valence-electron chi connectivity index (χ3n) is 2.54. The first-order valence-corrected chi connectivity index (χ1v) is 5.70. The molecular weight excluding hydrogens is 241 g/mol. The Balaban J connectivity index is 2.40. The van der Waals surface area contributed by atoms with Crippen LogP contribution in [-0.4, -0.2) is 9.38 Å². The number of alkyl halides is 3. The van der Waals surface area contributed by atoms with Crippen LogP contribution < -0.4 is 0 Å². The Morgan fingerprint density at radius 1 is 1.11 bits per heavy atom. The molecule has 2 rings (SSSR count). The third kappa shape index (κ3) is 2.83. The van der Waals surface area contributed by atoms with Gasteiger partial charge in [0.1, 0.15) is 5.65 Å². The van der Waals surface area contributed by atoms with Crippen molar-refractivity contribution in [1.29, 1.82) is 0 Å². The van der Waals surface area contributed by atoms with Gasteiger partial charge >= 0.3 is 6.18 Å². The molecule has 0 unspecified atom stereocenters. The van der Waals surface area contributed by atoms with E-state index >= 15 is 0 Å². The van der Waals surface area contributed by atoms with E-state index in [-0.39, 0.29) is 5.41 Å². The Hall–Kier alpha value is -1.52. The quantitative estimate of drug-likeness (QED) is 0.755. The van der Waals surface area contributed by atoms with Crippen molar-refractivity contribution in [3.63, 3.8) is 0 Å². The summed E-state index contributed by atoms with van der Waals surface area (Å²) in [5, 5.41) is 0. The van der Waals surface area contributed by atoms with Crippen molar-refractivity contribution in [1.82, 2.24) is 9.38 Å². The largest absolute Gasteiger partial charge is 0.417 e. The monoisotopic (exact) mass is 256 g/mol. The lowest BCUT2D eigenvalue weighted by Gasteiger charge is -2.15. The molecule has 0 fully saturated rings. The van der Waals surface area contributed by atoms with E-state index in [2.05, 4.69) is 25.8 Å². The van der Waals surface area contributed by atoms with Gasteiger partial charge in [0.25, 0.3) is 0 Å². The van der Waals surface area contributed by atoms with E-state index in [9.17, 15) is 13.2 Å². The van der Waals surface area contributed by atoms with Gasteiger partial charge in [0.2, 0.25) is 0 Å². The Kier molecular flexibility index (Phi) is 2.87. The van der Waals surface area contributed by atoms with Gasteiger partial charge in [-0.2, -0.15) is 13.2 Å². The fourth-order valence-corrected chi connectivity index (χ4v) is 1.84. The fourth-order valence-electron chi connectivity index (χ4n) is 1.84. The molecule has 0 N–H and O–H groups in total. The summed E-state index contributed by atoms with van der Waals surface area (Å²) in [5.74, 6) is 0. The minimum absolute atomic E-state index is 0.0603. The van der Waals surface area contributed by atoms with Gasteiger partial charge in [0.15, 0.2) is 0 Å². The van der Waals surface area contributed by atoms with Gasteiger partial charge in [-0.3, -0.25) is 0 Å². The van der Waals surface area contributed by atoms with Gasteiger partial charge in [0, 0.05) is 12.4 Å². The second-order valence-electron chi connectivity index (χ2n) is 5.65. The van der Waals surface area contributed by atoms with Crippen molar-refractivity contribution in [3.8, 4) is 0 Å². The average molecular weight is 256 g/mol. The number of hydrogen-bond donors (Lipinski definition) is 0. The molecule has 0 radical (unpaired) electrons. The van der Waals surface area contributed by atoms with Crippen molar-refractivity contribution in [2.45, 2.75) is 33.4 Å². The van der Waals surface area contributed by atoms with Crippen LogP contribution in [0.4, 0.5) is 13.2 Å². The van der Waals surface area contributed by atoms with E-state index in [1.165, 1.54) is 10.5 Å². The maximum Gasteiger partial charge on any atom is 0.417 e. The standard InChI is InChI=1S/C13H15F3N2/c1-12(2,3)6-10-8-18-7-9(13(14,15)16)4-5-11(18)17-10/h4-5,7-8H,6H2,1-3H3. The lowest BCUT2D eigenvalue weighted by atomic mass is 9.91. The number of rotatable bonds is 1. The van der Waals surface area contributed by atoms with Crippen LogP contribution in [0, 0.1) is 5.41 Å². The molecule has 0 atom stereocenters. The smallest absolute Gasteiger partial charge is 0.306 e. The van der Waals surface area contributed by atoms with Crippen molar-refractivity contribution in [2.75, 3.05) is 0 Å². The minimum Gasteiger partial charge on any atom is -0.306 e. The van der Waals surface area contributed by atoms with Crippen molar-refractivity contribution in [2.24, 2.45) is 5.41 Å². The maximum atomic E-state index is 12.6. The lowest BCUT2D eigenvalue weighted by molar-refractivity contribution is -0.137. The summed E-state index contributed by atoms with van der Waals surface area (Å²) < 4.78 is 39.1. The molecule has 98 valence electrons. The van der Waals surface area contributed by atoms with E-state index in [0.717, 1.165) is 24.4 Å². The molecule has 0 spiro atoms. The van der Waals surface area contributed by atoms with Crippen LogP contribution in [0.15, 0.2) is 24.5 Å². The predicted octanol–water partition coefficient (Wildman–Crippen LogP) is 3.94. The fraction of sp³-hybridized carbons (Fsp3) is 0.462. The predicted molar refractivity (Wildman–Crippen MR) is 63.4 cm³/mol. The summed E-state index contributed by atoms with van der Waals surface area (Å²) in [6, 6.07) is 2.46. The Bertz CT molecular complexity index is 562. The highest BCUT2D eigenvalue weighted by Crippen LogP contribution is 2.29. The number of halogens is 3. The second kappa shape index (κ2) is 4.00. The summed E-state index contributed by atoms with van der Waals surface area (Å²) >= 11 is 0. The molecule has 2 aromatic heterocycles. The number of pyridine rings is 1. The molecule has 0 saturated heterocycles. The molecule has 18 heavy (non-hydrogen) atoms. The third-order valence-corrected chi connectivity index (χ3v) is 2.54. The van der Waals surface area contributed by atoms with Crippen LogP contribution in [-0.2, 0) is 12.6 Å². The summed E-state index contributed by atoms with van der Waals surface area (Å²) in [5.41, 5.74) is 0.754. The highest BCUT2D eigenvalue weighted by Gasteiger charge is 2.30. The van der Waals surface area contributed by atoms with Crippen molar-refractivity contribution >= 4 is 5.65 Å². The van der Waals surface area contributed by atoms with E-state index in [1.54, 1.807) is 6.20 Å². The second-order valence-corrected chi connectivity index (χ2v) is 5.65. The van der Waals surface area contributed by atoms with Crippen LogP contribution in [0.5, 0.6) is 0 Å². The molecule has 0 aromatic carbocycles. The van der Waals surface area contributed by atoms with E-state index in [4.69, 9.17) is 0 Å². The summed E-state index contributed by atoms with van der Waals surface area (Å²) in [7, 11) is 0. The topological polar surface area (TPSA) is 17.3 Å². The van der Waals surface area contributed by atoms with Crippen LogP contribution >= 0.6 is 0 Å². The van der Waals surface area contributed by atoms with Gasteiger partial charge in [0.05, 0.1) is 11.3 Å². The molecule has 0 aliphatic carbocycles. The zero-order valence-corrected chi connectivity index (χ0v) is 10.5. The zero-order valence-electron chi connectivity index (χ0n) is 10.5. The van der Waals surface area contributed by atoms with Gasteiger partial charge in [-0.25, -0.2) is 4.98 Å². The Morgan fingerprint density at radius 2 is 1.78 bits per heavy atom. The number of fused-ring (bicyclic) bond motifs is 1. The molecule has 2 heterocycles. The first kappa shape index (κ1) is 12.9. The van der Waals surface area contributed by atoms with Gasteiger partial charge in [-0.05, 0) is 24.0 Å². The minimum atomic E-state index is -4.32. The van der Waals surface area contributed by atoms with Crippen LogP contribution in [0.25, 0.3) is 5.65 Å². The molecule has 2 nitrogen and oxygen atoms in total. The van der Waals surface area contributed by atoms with E-state index in [0.29, 0.717) is 5.65 Å². The molecule has 0 aliphatic heterocycles. The molecule has 0 amide bonds. The summed E-state index contributed by atoms with van der Waals surface area (Å²) in [4.78, 5) is 4.32. The Morgan fingerprint density at radius 3 is 2.33 bits per heavy atom. The number of hydrogen-bond acceptors (Lipinski definition) is 1. The van der Waals surface area contributed by atoms with Gasteiger partial charge < -0.3 is 4.40 Å². The summed E-state index contributed by atoms with van der Waals surface area (Å²) in [6.07, 6.45) is -0.844. The molecule has 5 heteroatoms. The van der Waals surface area contributed by atoms with Crippen molar-refractivity contribution in [3.05, 3.63) is 35.8 Å². The first-order chi connectivity index (χ1) is 8.15. The SMILES string of the molecule is CC(C)(C)Cc1cn2cc(C(F)(F)F)ccc2n1. The molecular formula is C13H15F3N2. The highest BCUT2D eigenvalue weighted by molar-refractivity contribution is 5.42. The van der Waals surface area contributed by atoms with Crippen molar-refractivity contribution < 1.29 is 13.2 Å². The summed E-state index contributed by atoms with van der Waals surface area (Å²) in [6.45, 7) is 6.20. The lowest BCUT2D eigenvalue weighted by Crippen LogP contribution is -2.09. The highest BCUT2D eigenvalue weighted by atomic mass is 19.4. The molecule has 0 aliphatic rings. The number of nitrogens with zero attached hydrogens (tertiary/aromatic N) is 2. The first-order valence-electron chi connectivity index (χ1n) is 5.70. The maximum absolute atomic E-state index is 12.6. The Labute approximate surface area is 103 Å². The molecule has 2 aromatic rings. The van der Waals surface area contributed by atoms with Crippen LogP contribution in [0.3, 0.4) is 0 Å². The van der Waals surface area contributed by atoms with Gasteiger partial charge in [-0.15, -0.1) is 0 Å². The molecule has 0 saturated carbocycles. The normalized spacial score (nSPS) is 13.2. The zero-order chi connectivity index (χ0) is 13.6. The molecule has 0 bridgehead atoms. The van der Waals surface area contributed by atoms with Crippen LogP contribution in [0.1, 0.15) is 32.0 Å².